The van der Waals surface area contributed by atoms with E-state index in [-0.39, 0.29) is 12.6 Å². The van der Waals surface area contributed by atoms with E-state index < -0.39 is 26.9 Å². The van der Waals surface area contributed by atoms with Gasteiger partial charge in [0.05, 0.1) is 6.04 Å². The van der Waals surface area contributed by atoms with Gasteiger partial charge in [0, 0.05) is 6.61 Å². The summed E-state index contributed by atoms with van der Waals surface area (Å²) in [5.41, 5.74) is 2.53. The molecule has 1 fully saturated rings. The lowest BCUT2D eigenvalue weighted by Gasteiger charge is -2.39. The average molecular weight is 465 g/mol. The van der Waals surface area contributed by atoms with Crippen LogP contribution < -0.4 is 4.72 Å². The molecule has 0 bridgehead atoms. The summed E-state index contributed by atoms with van der Waals surface area (Å²) in [7, 11) is -3.82. The second kappa shape index (κ2) is 9.37. The van der Waals surface area contributed by atoms with Crippen LogP contribution in [-0.2, 0) is 14.8 Å². The van der Waals surface area contributed by atoms with Gasteiger partial charge in [-0.15, -0.1) is 0 Å². The topological polar surface area (TPSA) is 88.0 Å². The molecule has 7 heteroatoms. The molecule has 0 aromatic heterocycles. The number of hydrogen-bond donors (Lipinski definition) is 2. The number of aliphatic imine (C=N–C) groups is 1. The fraction of sp³-hybridized carbons (Fsp3) is 0.269. The van der Waals surface area contributed by atoms with Gasteiger partial charge in [0.25, 0.3) is 6.02 Å². The Labute approximate surface area is 195 Å². The Morgan fingerprint density at radius 2 is 1.52 bits per heavy atom. The number of nitrogens with one attached hydrogen (secondary N) is 1. The molecule has 6 nitrogen and oxygen atoms in total. The third-order valence-corrected chi connectivity index (χ3v) is 7.63. The molecule has 33 heavy (non-hydrogen) atoms. The minimum Gasteiger partial charge on any atom is -0.457 e. The number of ether oxygens (including phenoxy) is 1. The van der Waals surface area contributed by atoms with Crippen LogP contribution in [0.2, 0.25) is 0 Å². The van der Waals surface area contributed by atoms with Crippen LogP contribution in [0.1, 0.15) is 42.7 Å². The number of amidine groups is 1. The monoisotopic (exact) mass is 464 g/mol. The van der Waals surface area contributed by atoms with Crippen molar-refractivity contribution in [1.29, 1.82) is 0 Å². The van der Waals surface area contributed by atoms with E-state index in [1.807, 2.05) is 84.9 Å². The number of hydrogen-bond acceptors (Lipinski definition) is 5. The first-order valence-electron chi connectivity index (χ1n) is 10.9. The zero-order chi connectivity index (χ0) is 23.5. The summed E-state index contributed by atoms with van der Waals surface area (Å²) < 4.78 is 35.2. The minimum atomic E-state index is -3.82. The number of aliphatic hydroxyl groups excluding tert-OH is 1. The highest BCUT2D eigenvalue weighted by Crippen LogP contribution is 2.39. The van der Waals surface area contributed by atoms with Crippen LogP contribution in [0.5, 0.6) is 0 Å². The van der Waals surface area contributed by atoms with E-state index in [4.69, 9.17) is 4.74 Å². The van der Waals surface area contributed by atoms with Crippen LogP contribution in [0.25, 0.3) is 11.1 Å². The smallest absolute Gasteiger partial charge is 0.299 e. The third-order valence-electron chi connectivity index (χ3n) is 5.71. The van der Waals surface area contributed by atoms with E-state index in [1.54, 1.807) is 13.8 Å². The van der Waals surface area contributed by atoms with Gasteiger partial charge in [-0.2, -0.15) is 0 Å². The first-order valence-corrected chi connectivity index (χ1v) is 12.4. The Hall–Kier alpha value is -3.16. The fourth-order valence-electron chi connectivity index (χ4n) is 4.24. The van der Waals surface area contributed by atoms with Crippen molar-refractivity contribution >= 4 is 16.0 Å². The summed E-state index contributed by atoms with van der Waals surface area (Å²) in [6, 6.07) is 26.4. The van der Waals surface area contributed by atoms with Gasteiger partial charge in [-0.25, -0.2) is 18.1 Å². The van der Waals surface area contributed by atoms with E-state index in [0.717, 1.165) is 16.7 Å². The molecular formula is C26H28N2O4S. The molecule has 3 aromatic carbocycles. The molecule has 172 valence electrons. The molecule has 0 radical (unpaired) electrons. The summed E-state index contributed by atoms with van der Waals surface area (Å²) in [4.78, 5) is 4.51. The number of benzene rings is 3. The quantitative estimate of drug-likeness (QED) is 0.558. The summed E-state index contributed by atoms with van der Waals surface area (Å²) >= 11 is 0. The Kier molecular flexibility index (Phi) is 6.54. The van der Waals surface area contributed by atoms with Crippen LogP contribution in [0.15, 0.2) is 89.9 Å². The molecule has 0 aliphatic carbocycles. The van der Waals surface area contributed by atoms with E-state index >= 15 is 0 Å². The second-order valence-corrected chi connectivity index (χ2v) is 10.4. The van der Waals surface area contributed by atoms with Gasteiger partial charge in [0.1, 0.15) is 10.9 Å². The van der Waals surface area contributed by atoms with Crippen LogP contribution in [0.4, 0.5) is 0 Å². The molecular weight excluding hydrogens is 436 g/mol. The SMILES string of the molecule is CC1(C)OC(=NC(CCO)c2ccccc2)NS(=O)(=O)C1c1ccc(-c2ccccc2)cc1. The highest BCUT2D eigenvalue weighted by molar-refractivity contribution is 7.90. The largest absolute Gasteiger partial charge is 0.457 e. The zero-order valence-electron chi connectivity index (χ0n) is 18.7. The molecule has 4 rings (SSSR count). The number of aliphatic hydroxyl groups is 1. The molecule has 0 saturated carbocycles. The molecule has 1 aliphatic rings. The van der Waals surface area contributed by atoms with Gasteiger partial charge in [-0.1, -0.05) is 84.9 Å². The van der Waals surface area contributed by atoms with E-state index in [2.05, 4.69) is 9.71 Å². The number of sulfonamides is 1. The predicted octanol–water partition coefficient (Wildman–Crippen LogP) is 4.60. The van der Waals surface area contributed by atoms with Gasteiger partial charge in [-0.05, 0) is 42.5 Å². The van der Waals surface area contributed by atoms with Crippen molar-refractivity contribution in [2.75, 3.05) is 6.61 Å². The fourth-order valence-corrected chi connectivity index (χ4v) is 6.00. The molecule has 2 N–H and O–H groups in total. The molecule has 3 aromatic rings. The summed E-state index contributed by atoms with van der Waals surface area (Å²) in [5.74, 6) is 0. The molecule has 0 spiro atoms. The summed E-state index contributed by atoms with van der Waals surface area (Å²) in [5, 5.41) is 8.56. The van der Waals surface area contributed by atoms with Crippen LogP contribution in [0, 0.1) is 0 Å². The minimum absolute atomic E-state index is 0.0561. The maximum absolute atomic E-state index is 13.3. The molecule has 2 unspecified atom stereocenters. The lowest BCUT2D eigenvalue weighted by molar-refractivity contribution is 0.0759. The molecule has 1 heterocycles. The highest BCUT2D eigenvalue weighted by Gasteiger charge is 2.48. The summed E-state index contributed by atoms with van der Waals surface area (Å²) in [6.45, 7) is 3.42. The zero-order valence-corrected chi connectivity index (χ0v) is 19.5. The molecule has 0 amide bonds. The van der Waals surface area contributed by atoms with Crippen molar-refractivity contribution in [1.82, 2.24) is 4.72 Å². The van der Waals surface area contributed by atoms with Gasteiger partial charge in [0.2, 0.25) is 10.0 Å². The normalized spacial score (nSPS) is 21.1. The van der Waals surface area contributed by atoms with Crippen molar-refractivity contribution in [2.24, 2.45) is 4.99 Å². The Morgan fingerprint density at radius 3 is 2.09 bits per heavy atom. The lowest BCUT2D eigenvalue weighted by atomic mass is 9.95. The van der Waals surface area contributed by atoms with Crippen molar-refractivity contribution in [3.8, 4) is 11.1 Å². The Balaban J connectivity index is 1.63. The average Bonchev–Trinajstić information content (AvgIpc) is 2.79. The van der Waals surface area contributed by atoms with Crippen LogP contribution in [0.3, 0.4) is 0 Å². The van der Waals surface area contributed by atoms with Crippen molar-refractivity contribution in [3.63, 3.8) is 0 Å². The highest BCUT2D eigenvalue weighted by atomic mass is 32.2. The Bertz CT molecular complexity index is 1210. The molecule has 1 aliphatic heterocycles. The van der Waals surface area contributed by atoms with Gasteiger partial charge < -0.3 is 9.84 Å². The Morgan fingerprint density at radius 1 is 0.939 bits per heavy atom. The lowest BCUT2D eigenvalue weighted by Crippen LogP contribution is -2.53. The van der Waals surface area contributed by atoms with Crippen LogP contribution >= 0.6 is 0 Å². The second-order valence-electron chi connectivity index (χ2n) is 8.59. The van der Waals surface area contributed by atoms with Crippen molar-refractivity contribution < 1.29 is 18.3 Å². The van der Waals surface area contributed by atoms with Gasteiger partial charge in [-0.3, -0.25) is 0 Å². The first kappa shape index (κ1) is 23.0. The van der Waals surface area contributed by atoms with Crippen LogP contribution in [-0.4, -0.2) is 31.8 Å². The van der Waals surface area contributed by atoms with E-state index in [1.165, 1.54) is 0 Å². The van der Waals surface area contributed by atoms with Crippen molar-refractivity contribution in [2.45, 2.75) is 37.2 Å². The maximum atomic E-state index is 13.3. The predicted molar refractivity (Wildman–Crippen MR) is 130 cm³/mol. The molecule has 2 atom stereocenters. The third kappa shape index (κ3) is 5.10. The van der Waals surface area contributed by atoms with E-state index in [0.29, 0.717) is 12.0 Å². The van der Waals surface area contributed by atoms with Crippen molar-refractivity contribution in [3.05, 3.63) is 96.1 Å². The van der Waals surface area contributed by atoms with Gasteiger partial charge >= 0.3 is 0 Å². The van der Waals surface area contributed by atoms with Gasteiger partial charge in [0.15, 0.2) is 0 Å². The first-order chi connectivity index (χ1) is 15.8. The standard InChI is InChI=1S/C26H28N2O4S/c1-26(2)24(22-15-13-20(14-16-22)19-9-5-3-6-10-19)33(30,31)28-25(32-26)27-23(17-18-29)21-11-7-4-8-12-21/h3-16,23-24,29H,17-18H2,1-2H3,(H,27,28). The number of nitrogens with zero attached hydrogens (tertiary/aromatic N) is 1. The van der Waals surface area contributed by atoms with E-state index in [9.17, 15) is 13.5 Å². The summed E-state index contributed by atoms with van der Waals surface area (Å²) in [6.07, 6.45) is 0.351. The molecule has 1 saturated heterocycles. The number of rotatable bonds is 6. The maximum Gasteiger partial charge on any atom is 0.299 e.